The lowest BCUT2D eigenvalue weighted by molar-refractivity contribution is 0.110. The van der Waals surface area contributed by atoms with Crippen molar-refractivity contribution >= 4 is 5.69 Å². The number of nitrogens with one attached hydrogen (secondary N) is 1. The summed E-state index contributed by atoms with van der Waals surface area (Å²) in [6.45, 7) is 7.13. The summed E-state index contributed by atoms with van der Waals surface area (Å²) in [7, 11) is 0. The molecule has 0 fully saturated rings. The van der Waals surface area contributed by atoms with Gasteiger partial charge in [0.1, 0.15) is 12.4 Å². The molecule has 1 aromatic rings. The van der Waals surface area contributed by atoms with Gasteiger partial charge >= 0.3 is 0 Å². The number of hydrogen-bond donors (Lipinski definition) is 1. The maximum absolute atomic E-state index is 5.51. The van der Waals surface area contributed by atoms with Crippen molar-refractivity contribution in [1.82, 2.24) is 0 Å². The SMILES string of the molecule is CCCNc1ccc(OCCOCC)cc1. The summed E-state index contributed by atoms with van der Waals surface area (Å²) < 4.78 is 10.7. The highest BCUT2D eigenvalue weighted by atomic mass is 16.5. The molecule has 1 rings (SSSR count). The summed E-state index contributed by atoms with van der Waals surface area (Å²) in [5, 5.41) is 3.32. The Morgan fingerprint density at radius 1 is 1.06 bits per heavy atom. The molecule has 0 unspecified atom stereocenters. The predicted molar refractivity (Wildman–Crippen MR) is 67.2 cm³/mol. The second-order valence-corrected chi connectivity index (χ2v) is 3.50. The van der Waals surface area contributed by atoms with Gasteiger partial charge < -0.3 is 14.8 Å². The molecule has 0 aliphatic heterocycles. The van der Waals surface area contributed by atoms with Gasteiger partial charge in [0.2, 0.25) is 0 Å². The average Bonchev–Trinajstić information content (AvgIpc) is 2.33. The van der Waals surface area contributed by atoms with Crippen LogP contribution in [0.25, 0.3) is 0 Å². The largest absolute Gasteiger partial charge is 0.491 e. The monoisotopic (exact) mass is 223 g/mol. The van der Waals surface area contributed by atoms with Gasteiger partial charge in [-0.05, 0) is 37.6 Å². The Hall–Kier alpha value is -1.22. The highest BCUT2D eigenvalue weighted by molar-refractivity contribution is 5.46. The van der Waals surface area contributed by atoms with Crippen LogP contribution in [0.2, 0.25) is 0 Å². The van der Waals surface area contributed by atoms with Crippen molar-refractivity contribution in [1.29, 1.82) is 0 Å². The Balaban J connectivity index is 2.27. The van der Waals surface area contributed by atoms with Crippen molar-refractivity contribution in [3.8, 4) is 5.75 Å². The summed E-state index contributed by atoms with van der Waals surface area (Å²) in [6, 6.07) is 8.02. The van der Waals surface area contributed by atoms with Gasteiger partial charge in [-0.3, -0.25) is 0 Å². The molecule has 0 aliphatic carbocycles. The summed E-state index contributed by atoms with van der Waals surface area (Å²) >= 11 is 0. The Kier molecular flexibility index (Phi) is 6.42. The van der Waals surface area contributed by atoms with Crippen LogP contribution in [-0.4, -0.2) is 26.4 Å². The van der Waals surface area contributed by atoms with Gasteiger partial charge in [-0.2, -0.15) is 0 Å². The van der Waals surface area contributed by atoms with Crippen LogP contribution in [0.3, 0.4) is 0 Å². The standard InChI is InChI=1S/C13H21NO2/c1-3-9-14-12-5-7-13(8-6-12)16-11-10-15-4-2/h5-8,14H,3-4,9-11H2,1-2H3. The van der Waals surface area contributed by atoms with E-state index in [1.54, 1.807) is 0 Å². The molecule has 0 spiro atoms. The second-order valence-electron chi connectivity index (χ2n) is 3.50. The van der Waals surface area contributed by atoms with Gasteiger partial charge in [-0.25, -0.2) is 0 Å². The van der Waals surface area contributed by atoms with E-state index in [0.717, 1.165) is 31.0 Å². The molecule has 0 heterocycles. The van der Waals surface area contributed by atoms with Crippen LogP contribution in [0.4, 0.5) is 5.69 Å². The maximum atomic E-state index is 5.51. The van der Waals surface area contributed by atoms with Crippen LogP contribution >= 0.6 is 0 Å². The molecule has 0 saturated heterocycles. The lowest BCUT2D eigenvalue weighted by Crippen LogP contribution is -2.06. The molecule has 0 radical (unpaired) electrons. The first kappa shape index (κ1) is 12.8. The van der Waals surface area contributed by atoms with Gasteiger partial charge in [-0.1, -0.05) is 6.92 Å². The molecular formula is C13H21NO2. The average molecular weight is 223 g/mol. The van der Waals surface area contributed by atoms with Gasteiger partial charge in [0.25, 0.3) is 0 Å². The third-order valence-corrected chi connectivity index (χ3v) is 2.13. The predicted octanol–water partition coefficient (Wildman–Crippen LogP) is 2.92. The molecule has 1 N–H and O–H groups in total. The Morgan fingerprint density at radius 2 is 1.81 bits per heavy atom. The van der Waals surface area contributed by atoms with Gasteiger partial charge in [0.15, 0.2) is 0 Å². The quantitative estimate of drug-likeness (QED) is 0.687. The molecule has 0 saturated carbocycles. The molecule has 0 aromatic heterocycles. The first-order valence-electron chi connectivity index (χ1n) is 5.91. The Bertz CT molecular complexity index is 272. The summed E-state index contributed by atoms with van der Waals surface area (Å²) in [6.07, 6.45) is 1.13. The van der Waals surface area contributed by atoms with E-state index >= 15 is 0 Å². The topological polar surface area (TPSA) is 30.5 Å². The highest BCUT2D eigenvalue weighted by Crippen LogP contribution is 2.15. The van der Waals surface area contributed by atoms with E-state index in [4.69, 9.17) is 9.47 Å². The Morgan fingerprint density at radius 3 is 2.44 bits per heavy atom. The van der Waals surface area contributed by atoms with Crippen molar-refractivity contribution in [2.45, 2.75) is 20.3 Å². The van der Waals surface area contributed by atoms with E-state index in [1.165, 1.54) is 0 Å². The molecule has 0 amide bonds. The van der Waals surface area contributed by atoms with Gasteiger partial charge in [-0.15, -0.1) is 0 Å². The minimum atomic E-state index is 0.607. The third kappa shape index (κ3) is 5.03. The van der Waals surface area contributed by atoms with Crippen LogP contribution in [0.1, 0.15) is 20.3 Å². The fourth-order valence-electron chi connectivity index (χ4n) is 1.30. The molecule has 0 aliphatic rings. The molecule has 0 atom stereocenters. The minimum Gasteiger partial charge on any atom is -0.491 e. The maximum Gasteiger partial charge on any atom is 0.119 e. The van der Waals surface area contributed by atoms with E-state index < -0.39 is 0 Å². The number of hydrogen-bond acceptors (Lipinski definition) is 3. The van der Waals surface area contributed by atoms with Crippen LogP contribution in [0.5, 0.6) is 5.75 Å². The van der Waals surface area contributed by atoms with E-state index in [0.29, 0.717) is 13.2 Å². The molecular weight excluding hydrogens is 202 g/mol. The van der Waals surface area contributed by atoms with Crippen molar-refractivity contribution < 1.29 is 9.47 Å². The highest BCUT2D eigenvalue weighted by Gasteiger charge is 1.94. The zero-order valence-corrected chi connectivity index (χ0v) is 10.2. The zero-order valence-electron chi connectivity index (χ0n) is 10.2. The van der Waals surface area contributed by atoms with E-state index in [-0.39, 0.29) is 0 Å². The van der Waals surface area contributed by atoms with Gasteiger partial charge in [0.05, 0.1) is 6.61 Å². The molecule has 3 nitrogen and oxygen atoms in total. The van der Waals surface area contributed by atoms with E-state index in [9.17, 15) is 0 Å². The first-order chi connectivity index (χ1) is 7.86. The fourth-order valence-corrected chi connectivity index (χ4v) is 1.30. The summed E-state index contributed by atoms with van der Waals surface area (Å²) in [5.74, 6) is 0.891. The lowest BCUT2D eigenvalue weighted by atomic mass is 10.3. The molecule has 3 heteroatoms. The van der Waals surface area contributed by atoms with Crippen LogP contribution < -0.4 is 10.1 Å². The van der Waals surface area contributed by atoms with E-state index in [2.05, 4.69) is 12.2 Å². The van der Waals surface area contributed by atoms with Crippen molar-refractivity contribution in [2.24, 2.45) is 0 Å². The summed E-state index contributed by atoms with van der Waals surface area (Å²) in [4.78, 5) is 0. The molecule has 0 bridgehead atoms. The van der Waals surface area contributed by atoms with Crippen LogP contribution in [0.15, 0.2) is 24.3 Å². The van der Waals surface area contributed by atoms with E-state index in [1.807, 2.05) is 31.2 Å². The number of benzene rings is 1. The number of rotatable bonds is 8. The second kappa shape index (κ2) is 7.99. The van der Waals surface area contributed by atoms with Crippen molar-refractivity contribution in [3.63, 3.8) is 0 Å². The molecule has 90 valence electrons. The van der Waals surface area contributed by atoms with Crippen LogP contribution in [-0.2, 0) is 4.74 Å². The fraction of sp³-hybridized carbons (Fsp3) is 0.538. The van der Waals surface area contributed by atoms with Crippen LogP contribution in [0, 0.1) is 0 Å². The molecule has 16 heavy (non-hydrogen) atoms. The Labute approximate surface area is 97.8 Å². The van der Waals surface area contributed by atoms with Gasteiger partial charge in [0, 0.05) is 18.8 Å². The summed E-state index contributed by atoms with van der Waals surface area (Å²) in [5.41, 5.74) is 1.14. The molecule has 1 aromatic carbocycles. The van der Waals surface area contributed by atoms with Crippen molar-refractivity contribution in [2.75, 3.05) is 31.7 Å². The third-order valence-electron chi connectivity index (χ3n) is 2.13. The number of ether oxygens (including phenoxy) is 2. The normalized spacial score (nSPS) is 10.1. The zero-order chi connectivity index (χ0) is 11.6. The first-order valence-corrected chi connectivity index (χ1v) is 5.91. The lowest BCUT2D eigenvalue weighted by Gasteiger charge is -2.08. The van der Waals surface area contributed by atoms with Crippen molar-refractivity contribution in [3.05, 3.63) is 24.3 Å². The smallest absolute Gasteiger partial charge is 0.119 e. The number of anilines is 1. The minimum absolute atomic E-state index is 0.607.